The summed E-state index contributed by atoms with van der Waals surface area (Å²) in [5, 5.41) is 8.32. The second-order valence-corrected chi connectivity index (χ2v) is 1.52. The monoisotopic (exact) mass is 163 g/mol. The molecule has 0 unspecified atom stereocenters. The van der Waals surface area contributed by atoms with Gasteiger partial charge in [0, 0.05) is 6.20 Å². The number of aromatic carboxylic acids is 1. The van der Waals surface area contributed by atoms with E-state index in [4.69, 9.17) is 5.11 Å². The van der Waals surface area contributed by atoms with Crippen molar-refractivity contribution < 1.29 is 9.90 Å². The summed E-state index contributed by atoms with van der Waals surface area (Å²) in [6.07, 6.45) is 1.45. The molecule has 0 radical (unpaired) electrons. The van der Waals surface area contributed by atoms with E-state index in [1.54, 1.807) is 12.1 Å². The molecule has 1 aromatic rings. The van der Waals surface area contributed by atoms with Crippen LogP contribution in [0.3, 0.4) is 0 Å². The van der Waals surface area contributed by atoms with Crippen molar-refractivity contribution in [3.8, 4) is 0 Å². The van der Waals surface area contributed by atoms with E-state index in [1.807, 2.05) is 0 Å². The molecule has 3 nitrogen and oxygen atoms in total. The predicted octanol–water partition coefficient (Wildman–Crippen LogP) is 0.131. The van der Waals surface area contributed by atoms with Gasteiger partial charge in [0.15, 0.2) is 0 Å². The van der Waals surface area contributed by atoms with Crippen LogP contribution in [-0.4, -0.2) is 67.4 Å². The molecular formula is C6H6KNO2. The van der Waals surface area contributed by atoms with E-state index in [-0.39, 0.29) is 57.1 Å². The van der Waals surface area contributed by atoms with E-state index >= 15 is 0 Å². The molecule has 0 spiro atoms. The van der Waals surface area contributed by atoms with Gasteiger partial charge < -0.3 is 5.11 Å². The van der Waals surface area contributed by atoms with Gasteiger partial charge in [-0.1, -0.05) is 6.07 Å². The minimum absolute atomic E-state index is 0. The average molecular weight is 163 g/mol. The molecule has 0 bridgehead atoms. The zero-order chi connectivity index (χ0) is 6.69. The fraction of sp³-hybridized carbons (Fsp3) is 0. The van der Waals surface area contributed by atoms with Crippen molar-refractivity contribution in [3.05, 3.63) is 30.1 Å². The summed E-state index contributed by atoms with van der Waals surface area (Å²) in [6, 6.07) is 4.76. The maximum absolute atomic E-state index is 10.1. The fourth-order valence-electron chi connectivity index (χ4n) is 0.489. The summed E-state index contributed by atoms with van der Waals surface area (Å²) in [6.45, 7) is 0. The normalized spacial score (nSPS) is 8.00. The molecule has 0 aliphatic heterocycles. The summed E-state index contributed by atoms with van der Waals surface area (Å²) in [5.74, 6) is -0.990. The molecule has 4 heteroatoms. The molecule has 0 fully saturated rings. The molecule has 0 amide bonds. The molecule has 1 aromatic heterocycles. The van der Waals surface area contributed by atoms with Gasteiger partial charge in [0.05, 0.1) is 0 Å². The number of pyridine rings is 1. The van der Waals surface area contributed by atoms with Crippen LogP contribution in [0.15, 0.2) is 24.4 Å². The molecule has 1 N–H and O–H groups in total. The molecule has 0 aliphatic rings. The molecule has 0 aromatic carbocycles. The summed E-state index contributed by atoms with van der Waals surface area (Å²) in [5.41, 5.74) is 0.0810. The standard InChI is InChI=1S/C6H5NO2.K.H/c8-6(9)5-3-1-2-4-7-5;;/h1-4H,(H,8,9);;. The van der Waals surface area contributed by atoms with Gasteiger partial charge in [0.2, 0.25) is 0 Å². The van der Waals surface area contributed by atoms with Gasteiger partial charge in [-0.15, -0.1) is 0 Å². The minimum atomic E-state index is -0.990. The maximum atomic E-state index is 10.1. The number of aromatic nitrogens is 1. The van der Waals surface area contributed by atoms with Gasteiger partial charge in [0.25, 0.3) is 0 Å². The molecule has 1 rings (SSSR count). The molecule has 48 valence electrons. The van der Waals surface area contributed by atoms with Crippen LogP contribution in [0.1, 0.15) is 10.5 Å². The average Bonchev–Trinajstić information content (AvgIpc) is 1.90. The first-order valence-corrected chi connectivity index (χ1v) is 2.45. The van der Waals surface area contributed by atoms with Crippen LogP contribution in [0.5, 0.6) is 0 Å². The van der Waals surface area contributed by atoms with Crippen LogP contribution in [0, 0.1) is 0 Å². The molecule has 0 saturated heterocycles. The quantitative estimate of drug-likeness (QED) is 0.599. The second-order valence-electron chi connectivity index (χ2n) is 1.52. The van der Waals surface area contributed by atoms with E-state index in [0.717, 1.165) is 0 Å². The molecular weight excluding hydrogens is 157 g/mol. The van der Waals surface area contributed by atoms with Crippen LogP contribution in [0.25, 0.3) is 0 Å². The molecule has 10 heavy (non-hydrogen) atoms. The first-order chi connectivity index (χ1) is 4.30. The zero-order valence-corrected chi connectivity index (χ0v) is 4.61. The van der Waals surface area contributed by atoms with Crippen molar-refractivity contribution in [3.63, 3.8) is 0 Å². The first-order valence-electron chi connectivity index (χ1n) is 2.45. The van der Waals surface area contributed by atoms with Crippen molar-refractivity contribution >= 4 is 57.4 Å². The van der Waals surface area contributed by atoms with Gasteiger partial charge in [-0.05, 0) is 12.1 Å². The van der Waals surface area contributed by atoms with Crippen molar-refractivity contribution in [2.75, 3.05) is 0 Å². The van der Waals surface area contributed by atoms with Crippen LogP contribution in [0.2, 0.25) is 0 Å². The van der Waals surface area contributed by atoms with Gasteiger partial charge in [-0.2, -0.15) is 0 Å². The van der Waals surface area contributed by atoms with Gasteiger partial charge in [-0.25, -0.2) is 9.78 Å². The topological polar surface area (TPSA) is 50.2 Å². The van der Waals surface area contributed by atoms with Crippen LogP contribution in [-0.2, 0) is 0 Å². The molecule has 1 heterocycles. The summed E-state index contributed by atoms with van der Waals surface area (Å²) >= 11 is 0. The van der Waals surface area contributed by atoms with Crippen LogP contribution in [0.4, 0.5) is 0 Å². The number of carboxylic acids is 1. The summed E-state index contributed by atoms with van der Waals surface area (Å²) < 4.78 is 0. The number of carbonyl (C=O) groups is 1. The Bertz CT molecular complexity index is 212. The molecule has 0 aliphatic carbocycles. The van der Waals surface area contributed by atoms with Gasteiger partial charge >= 0.3 is 57.4 Å². The Kier molecular flexibility index (Phi) is 5.11. The summed E-state index contributed by atoms with van der Waals surface area (Å²) in [7, 11) is 0. The number of carboxylic acid groups (broad SMARTS) is 1. The zero-order valence-electron chi connectivity index (χ0n) is 4.61. The van der Waals surface area contributed by atoms with Crippen molar-refractivity contribution in [2.24, 2.45) is 0 Å². The third-order valence-corrected chi connectivity index (χ3v) is 0.884. The second kappa shape index (κ2) is 4.98. The first kappa shape index (κ1) is 10.3. The Morgan fingerprint density at radius 2 is 2.20 bits per heavy atom. The van der Waals surface area contributed by atoms with E-state index in [9.17, 15) is 4.79 Å². The predicted molar refractivity (Wildman–Crippen MR) is 38.3 cm³/mol. The Morgan fingerprint density at radius 3 is 2.50 bits per heavy atom. The van der Waals surface area contributed by atoms with Crippen molar-refractivity contribution in [2.45, 2.75) is 0 Å². The van der Waals surface area contributed by atoms with Crippen LogP contribution < -0.4 is 0 Å². The summed E-state index contributed by atoms with van der Waals surface area (Å²) in [4.78, 5) is 13.7. The Labute approximate surface area is 101 Å². The Hall–Kier alpha value is 0.256. The third kappa shape index (κ3) is 2.89. The van der Waals surface area contributed by atoms with Crippen LogP contribution >= 0.6 is 0 Å². The Balaban J connectivity index is 0.000000810. The van der Waals surface area contributed by atoms with Crippen molar-refractivity contribution in [1.82, 2.24) is 4.98 Å². The third-order valence-electron chi connectivity index (χ3n) is 0.884. The number of hydrogen-bond acceptors (Lipinski definition) is 2. The fourth-order valence-corrected chi connectivity index (χ4v) is 0.489. The number of nitrogens with zero attached hydrogens (tertiary/aromatic N) is 1. The van der Waals surface area contributed by atoms with E-state index < -0.39 is 5.97 Å². The number of hydrogen-bond donors (Lipinski definition) is 1. The number of rotatable bonds is 1. The molecule has 0 saturated carbocycles. The van der Waals surface area contributed by atoms with E-state index in [0.29, 0.717) is 0 Å². The van der Waals surface area contributed by atoms with E-state index in [2.05, 4.69) is 4.98 Å². The van der Waals surface area contributed by atoms with Gasteiger partial charge in [0.1, 0.15) is 5.69 Å². The van der Waals surface area contributed by atoms with E-state index in [1.165, 1.54) is 12.3 Å². The SMILES string of the molecule is O=C(O)c1ccccn1.[KH]. The van der Waals surface area contributed by atoms with Crippen molar-refractivity contribution in [1.29, 1.82) is 0 Å². The van der Waals surface area contributed by atoms with Gasteiger partial charge in [-0.3, -0.25) is 0 Å². The molecule has 0 atom stereocenters. The Morgan fingerprint density at radius 1 is 1.50 bits per heavy atom.